The molecule has 1 aliphatic heterocycles. The molecule has 0 N–H and O–H groups in total. The van der Waals surface area contributed by atoms with Crippen molar-refractivity contribution in [2.24, 2.45) is 11.8 Å². The third-order valence-electron chi connectivity index (χ3n) is 1.95. The van der Waals surface area contributed by atoms with E-state index in [2.05, 4.69) is 14.2 Å². The van der Waals surface area contributed by atoms with E-state index in [1.165, 1.54) is 0 Å². The van der Waals surface area contributed by atoms with Crippen molar-refractivity contribution in [3.8, 4) is 0 Å². The van der Waals surface area contributed by atoms with Crippen LogP contribution < -0.4 is 0 Å². The lowest BCUT2D eigenvalue weighted by Gasteiger charge is -2.08. The Morgan fingerprint density at radius 3 is 1.60 bits per heavy atom. The fourth-order valence-corrected chi connectivity index (χ4v) is 1.22. The standard InChI is InChI=1S/C8H8O7/c1-13-5(9)3-4(6(10)14-2)8(12)15-7(3)11/h3-4H,1-2H3. The van der Waals surface area contributed by atoms with Gasteiger partial charge in [-0.2, -0.15) is 0 Å². The Morgan fingerprint density at radius 2 is 1.33 bits per heavy atom. The Hall–Kier alpha value is -1.92. The van der Waals surface area contributed by atoms with Gasteiger partial charge in [0.15, 0.2) is 11.8 Å². The molecular formula is C8H8O7. The van der Waals surface area contributed by atoms with Crippen molar-refractivity contribution in [1.82, 2.24) is 0 Å². The second kappa shape index (κ2) is 4.07. The predicted molar refractivity (Wildman–Crippen MR) is 42.1 cm³/mol. The molecule has 0 amide bonds. The van der Waals surface area contributed by atoms with Crippen molar-refractivity contribution < 1.29 is 33.4 Å². The van der Waals surface area contributed by atoms with Gasteiger partial charge in [0, 0.05) is 0 Å². The number of methoxy groups -OCH3 is 2. The summed E-state index contributed by atoms with van der Waals surface area (Å²) < 4.78 is 12.7. The van der Waals surface area contributed by atoms with Crippen LogP contribution in [0.2, 0.25) is 0 Å². The van der Waals surface area contributed by atoms with E-state index in [-0.39, 0.29) is 0 Å². The first-order valence-electron chi connectivity index (χ1n) is 3.94. The van der Waals surface area contributed by atoms with Gasteiger partial charge >= 0.3 is 23.9 Å². The minimum atomic E-state index is -1.56. The largest absolute Gasteiger partial charge is 0.468 e. The highest BCUT2D eigenvalue weighted by molar-refractivity contribution is 6.15. The Bertz CT molecular complexity index is 300. The average molecular weight is 216 g/mol. The zero-order chi connectivity index (χ0) is 11.6. The van der Waals surface area contributed by atoms with Gasteiger partial charge in [0.2, 0.25) is 0 Å². The van der Waals surface area contributed by atoms with E-state index in [1.807, 2.05) is 0 Å². The number of rotatable bonds is 2. The summed E-state index contributed by atoms with van der Waals surface area (Å²) >= 11 is 0. The van der Waals surface area contributed by atoms with E-state index in [4.69, 9.17) is 0 Å². The van der Waals surface area contributed by atoms with Crippen LogP contribution in [0, 0.1) is 11.8 Å². The van der Waals surface area contributed by atoms with Crippen LogP contribution in [0.5, 0.6) is 0 Å². The lowest BCUT2D eigenvalue weighted by molar-refractivity contribution is -0.159. The van der Waals surface area contributed by atoms with E-state index in [0.717, 1.165) is 14.2 Å². The van der Waals surface area contributed by atoms with E-state index in [9.17, 15) is 19.2 Å². The SMILES string of the molecule is COC(=O)C1C(=O)OC(=O)C1C(=O)OC. The number of carbonyl (C=O) groups excluding carboxylic acids is 4. The normalized spacial score (nSPS) is 24.7. The number of ether oxygens (including phenoxy) is 3. The summed E-state index contributed by atoms with van der Waals surface area (Å²) in [5, 5.41) is 0. The Kier molecular flexibility index (Phi) is 3.03. The highest BCUT2D eigenvalue weighted by Crippen LogP contribution is 2.25. The number of carbonyl (C=O) groups is 4. The van der Waals surface area contributed by atoms with Crippen molar-refractivity contribution in [3.63, 3.8) is 0 Å². The molecule has 2 atom stereocenters. The van der Waals surface area contributed by atoms with E-state index < -0.39 is 35.7 Å². The molecule has 1 fully saturated rings. The zero-order valence-corrected chi connectivity index (χ0v) is 8.01. The summed E-state index contributed by atoms with van der Waals surface area (Å²) in [7, 11) is 2.07. The summed E-state index contributed by atoms with van der Waals surface area (Å²) in [5.74, 6) is -7.31. The van der Waals surface area contributed by atoms with Crippen LogP contribution in [-0.2, 0) is 33.4 Å². The van der Waals surface area contributed by atoms with Gasteiger partial charge in [-0.3, -0.25) is 19.2 Å². The van der Waals surface area contributed by atoms with E-state index in [1.54, 1.807) is 0 Å². The Morgan fingerprint density at radius 1 is 1.00 bits per heavy atom. The van der Waals surface area contributed by atoms with Gasteiger partial charge in [-0.1, -0.05) is 0 Å². The molecule has 0 spiro atoms. The molecule has 2 unspecified atom stereocenters. The summed E-state index contributed by atoms with van der Waals surface area (Å²) in [4.78, 5) is 44.4. The highest BCUT2D eigenvalue weighted by Gasteiger charge is 2.54. The summed E-state index contributed by atoms with van der Waals surface area (Å²) in [6, 6.07) is 0. The Labute approximate surface area is 84.3 Å². The molecule has 1 rings (SSSR count). The number of hydrogen-bond acceptors (Lipinski definition) is 7. The summed E-state index contributed by atoms with van der Waals surface area (Å²) in [6.45, 7) is 0. The molecule has 7 nitrogen and oxygen atoms in total. The second-order valence-electron chi connectivity index (χ2n) is 2.74. The first-order chi connectivity index (χ1) is 7.02. The molecule has 0 aromatic rings. The molecule has 1 saturated heterocycles. The van der Waals surface area contributed by atoms with Crippen molar-refractivity contribution in [1.29, 1.82) is 0 Å². The van der Waals surface area contributed by atoms with E-state index >= 15 is 0 Å². The fraction of sp³-hybridized carbons (Fsp3) is 0.500. The molecule has 0 radical (unpaired) electrons. The first-order valence-corrected chi connectivity index (χ1v) is 3.94. The smallest absolute Gasteiger partial charge is 0.329 e. The minimum Gasteiger partial charge on any atom is -0.468 e. The topological polar surface area (TPSA) is 96.0 Å². The molecule has 0 saturated carbocycles. The summed E-state index contributed by atoms with van der Waals surface area (Å²) in [6.07, 6.45) is 0. The lowest BCUT2D eigenvalue weighted by Crippen LogP contribution is -2.33. The quantitative estimate of drug-likeness (QED) is 0.319. The molecule has 0 bridgehead atoms. The van der Waals surface area contributed by atoms with Crippen LogP contribution in [0.3, 0.4) is 0 Å². The highest BCUT2D eigenvalue weighted by atomic mass is 16.6. The minimum absolute atomic E-state index is 0.999. The summed E-state index contributed by atoms with van der Waals surface area (Å²) in [5.41, 5.74) is 0. The van der Waals surface area contributed by atoms with Crippen molar-refractivity contribution in [2.45, 2.75) is 0 Å². The van der Waals surface area contributed by atoms with Gasteiger partial charge < -0.3 is 14.2 Å². The van der Waals surface area contributed by atoms with Gasteiger partial charge in [-0.15, -0.1) is 0 Å². The van der Waals surface area contributed by atoms with Gasteiger partial charge in [0.05, 0.1) is 14.2 Å². The maximum absolute atomic E-state index is 11.1. The van der Waals surface area contributed by atoms with Crippen LogP contribution in [0.15, 0.2) is 0 Å². The van der Waals surface area contributed by atoms with Crippen LogP contribution in [0.4, 0.5) is 0 Å². The van der Waals surface area contributed by atoms with Crippen molar-refractivity contribution in [3.05, 3.63) is 0 Å². The fourth-order valence-electron chi connectivity index (χ4n) is 1.22. The third-order valence-corrected chi connectivity index (χ3v) is 1.95. The predicted octanol–water partition coefficient (Wildman–Crippen LogP) is -1.35. The number of hydrogen-bond donors (Lipinski definition) is 0. The molecule has 0 aromatic carbocycles. The van der Waals surface area contributed by atoms with Gasteiger partial charge in [-0.05, 0) is 0 Å². The Balaban J connectivity index is 3.00. The molecule has 0 aromatic heterocycles. The lowest BCUT2D eigenvalue weighted by atomic mass is 9.95. The monoisotopic (exact) mass is 216 g/mol. The second-order valence-corrected chi connectivity index (χ2v) is 2.74. The van der Waals surface area contributed by atoms with Crippen LogP contribution in [-0.4, -0.2) is 38.1 Å². The third kappa shape index (κ3) is 1.80. The molecule has 7 heteroatoms. The first kappa shape index (κ1) is 11.2. The van der Waals surface area contributed by atoms with Gasteiger partial charge in [-0.25, -0.2) is 0 Å². The number of esters is 4. The van der Waals surface area contributed by atoms with E-state index in [0.29, 0.717) is 0 Å². The molecule has 1 heterocycles. The van der Waals surface area contributed by atoms with Crippen LogP contribution >= 0.6 is 0 Å². The van der Waals surface area contributed by atoms with Crippen LogP contribution in [0.25, 0.3) is 0 Å². The molecule has 15 heavy (non-hydrogen) atoms. The molecule has 1 aliphatic rings. The van der Waals surface area contributed by atoms with Gasteiger partial charge in [0.1, 0.15) is 0 Å². The zero-order valence-electron chi connectivity index (χ0n) is 8.01. The van der Waals surface area contributed by atoms with Crippen molar-refractivity contribution >= 4 is 23.9 Å². The maximum atomic E-state index is 11.1. The average Bonchev–Trinajstić information content (AvgIpc) is 2.51. The maximum Gasteiger partial charge on any atom is 0.329 e. The molecular weight excluding hydrogens is 208 g/mol. The molecule has 82 valence electrons. The van der Waals surface area contributed by atoms with Gasteiger partial charge in [0.25, 0.3) is 0 Å². The van der Waals surface area contributed by atoms with Crippen LogP contribution in [0.1, 0.15) is 0 Å². The number of cyclic esters (lactones) is 2. The van der Waals surface area contributed by atoms with Crippen molar-refractivity contribution in [2.75, 3.05) is 14.2 Å². The molecule has 0 aliphatic carbocycles.